The lowest BCUT2D eigenvalue weighted by molar-refractivity contribution is -0.113. The number of hydrogen-bond acceptors (Lipinski definition) is 1. The molecule has 0 fully saturated rings. The van der Waals surface area contributed by atoms with Gasteiger partial charge >= 0.3 is 0 Å². The smallest absolute Gasteiger partial charge is 0.251 e. The van der Waals surface area contributed by atoms with Crippen LogP contribution in [0.3, 0.4) is 0 Å². The van der Waals surface area contributed by atoms with Crippen molar-refractivity contribution in [1.82, 2.24) is 0 Å². The van der Waals surface area contributed by atoms with Crippen LogP contribution in [0.5, 0.6) is 0 Å². The average Bonchev–Trinajstić information content (AvgIpc) is 2.83. The van der Waals surface area contributed by atoms with Crippen LogP contribution < -0.4 is 4.90 Å². The Balaban J connectivity index is 1.86. The van der Waals surface area contributed by atoms with Crippen molar-refractivity contribution in [3.8, 4) is 0 Å². The van der Waals surface area contributed by atoms with Gasteiger partial charge in [-0.25, -0.2) is 0 Å². The predicted molar refractivity (Wildman–Crippen MR) is 78.2 cm³/mol. The van der Waals surface area contributed by atoms with Crippen molar-refractivity contribution < 1.29 is 4.79 Å². The molecule has 2 aromatic carbocycles. The van der Waals surface area contributed by atoms with Crippen LogP contribution in [0.15, 0.2) is 60.7 Å². The Bertz CT molecular complexity index is 632. The third kappa shape index (κ3) is 2.40. The zero-order valence-electron chi connectivity index (χ0n) is 10.2. The number of hydrogen-bond donors (Lipinski definition) is 0. The first-order valence-corrected chi connectivity index (χ1v) is 6.45. The molecule has 1 aliphatic rings. The summed E-state index contributed by atoms with van der Waals surface area (Å²) in [6.45, 7) is 0.602. The summed E-state index contributed by atoms with van der Waals surface area (Å²) in [5.41, 5.74) is 3.00. The Labute approximate surface area is 116 Å². The van der Waals surface area contributed by atoms with E-state index >= 15 is 0 Å². The minimum atomic E-state index is 0.0150. The molecule has 0 radical (unpaired) electrons. The van der Waals surface area contributed by atoms with E-state index in [9.17, 15) is 4.79 Å². The highest BCUT2D eigenvalue weighted by molar-refractivity contribution is 6.30. The molecule has 0 saturated heterocycles. The van der Waals surface area contributed by atoms with Gasteiger partial charge in [0.2, 0.25) is 0 Å². The van der Waals surface area contributed by atoms with Crippen LogP contribution in [-0.4, -0.2) is 12.5 Å². The second kappa shape index (κ2) is 4.90. The van der Waals surface area contributed by atoms with Crippen LogP contribution in [0.4, 0.5) is 5.69 Å². The highest BCUT2D eigenvalue weighted by atomic mass is 35.5. The highest BCUT2D eigenvalue weighted by Crippen LogP contribution is 2.27. The van der Waals surface area contributed by atoms with Crippen molar-refractivity contribution >= 4 is 28.8 Å². The summed E-state index contributed by atoms with van der Waals surface area (Å²) < 4.78 is 0. The van der Waals surface area contributed by atoms with Crippen LogP contribution in [0.2, 0.25) is 5.02 Å². The largest absolute Gasteiger partial charge is 0.304 e. The molecule has 94 valence electrons. The van der Waals surface area contributed by atoms with E-state index in [1.54, 1.807) is 23.1 Å². The van der Waals surface area contributed by atoms with Crippen molar-refractivity contribution in [2.24, 2.45) is 0 Å². The number of rotatable bonds is 2. The van der Waals surface area contributed by atoms with E-state index in [-0.39, 0.29) is 5.91 Å². The molecule has 0 spiro atoms. The zero-order valence-corrected chi connectivity index (χ0v) is 11.0. The van der Waals surface area contributed by atoms with E-state index in [2.05, 4.69) is 0 Å². The van der Waals surface area contributed by atoms with Gasteiger partial charge in [-0.15, -0.1) is 0 Å². The lowest BCUT2D eigenvalue weighted by atomic mass is 10.1. The molecule has 0 unspecified atom stereocenters. The Morgan fingerprint density at radius 1 is 0.947 bits per heavy atom. The number of carbonyl (C=O) groups excluding carboxylic acids is 1. The Hall–Kier alpha value is -2.06. The Morgan fingerprint density at radius 2 is 1.63 bits per heavy atom. The van der Waals surface area contributed by atoms with Crippen molar-refractivity contribution in [3.05, 3.63) is 71.3 Å². The molecule has 1 amide bonds. The van der Waals surface area contributed by atoms with E-state index in [4.69, 9.17) is 11.6 Å². The minimum absolute atomic E-state index is 0.0150. The van der Waals surface area contributed by atoms with Gasteiger partial charge in [0.15, 0.2) is 0 Å². The maximum absolute atomic E-state index is 12.1. The summed E-state index contributed by atoms with van der Waals surface area (Å²) in [6, 6.07) is 17.3. The van der Waals surface area contributed by atoms with Crippen molar-refractivity contribution in [3.63, 3.8) is 0 Å². The van der Waals surface area contributed by atoms with Gasteiger partial charge in [-0.3, -0.25) is 4.79 Å². The lowest BCUT2D eigenvalue weighted by Crippen LogP contribution is -2.24. The zero-order chi connectivity index (χ0) is 13.2. The Morgan fingerprint density at radius 3 is 2.32 bits per heavy atom. The molecule has 0 atom stereocenters. The molecule has 19 heavy (non-hydrogen) atoms. The van der Waals surface area contributed by atoms with Crippen LogP contribution in [-0.2, 0) is 4.79 Å². The molecule has 1 heterocycles. The van der Waals surface area contributed by atoms with Crippen molar-refractivity contribution in [1.29, 1.82) is 0 Å². The van der Waals surface area contributed by atoms with E-state index in [1.165, 1.54) is 0 Å². The second-order valence-corrected chi connectivity index (χ2v) is 4.87. The third-order valence-corrected chi connectivity index (χ3v) is 3.43. The van der Waals surface area contributed by atoms with Crippen molar-refractivity contribution in [2.45, 2.75) is 0 Å². The molecule has 2 nitrogen and oxygen atoms in total. The van der Waals surface area contributed by atoms with Crippen LogP contribution in [0, 0.1) is 0 Å². The highest BCUT2D eigenvalue weighted by Gasteiger charge is 2.23. The molecule has 0 saturated carbocycles. The number of carbonyl (C=O) groups is 1. The molecule has 1 aliphatic heterocycles. The number of halogens is 1. The van der Waals surface area contributed by atoms with Gasteiger partial charge < -0.3 is 4.90 Å². The van der Waals surface area contributed by atoms with Crippen LogP contribution >= 0.6 is 11.6 Å². The third-order valence-electron chi connectivity index (χ3n) is 3.18. The molecule has 0 aliphatic carbocycles. The second-order valence-electron chi connectivity index (χ2n) is 4.44. The van der Waals surface area contributed by atoms with Gasteiger partial charge in [0.1, 0.15) is 0 Å². The molecular weight excluding hydrogens is 258 g/mol. The monoisotopic (exact) mass is 269 g/mol. The predicted octanol–water partition coefficient (Wildman–Crippen LogP) is 3.77. The molecule has 3 rings (SSSR count). The first kappa shape index (κ1) is 12.0. The van der Waals surface area contributed by atoms with Crippen LogP contribution in [0.1, 0.15) is 5.56 Å². The molecule has 2 aromatic rings. The quantitative estimate of drug-likeness (QED) is 0.813. The number of nitrogens with zero attached hydrogens (tertiary/aromatic N) is 1. The van der Waals surface area contributed by atoms with Crippen LogP contribution in [0.25, 0.3) is 5.57 Å². The summed E-state index contributed by atoms with van der Waals surface area (Å²) in [4.78, 5) is 13.8. The normalized spacial score (nSPS) is 14.7. The van der Waals surface area contributed by atoms with Gasteiger partial charge in [0, 0.05) is 16.8 Å². The van der Waals surface area contributed by atoms with Gasteiger partial charge in [-0.1, -0.05) is 41.9 Å². The number of anilines is 1. The molecule has 0 bridgehead atoms. The topological polar surface area (TPSA) is 20.3 Å². The van der Waals surface area contributed by atoms with E-state index in [0.717, 1.165) is 16.8 Å². The maximum Gasteiger partial charge on any atom is 0.251 e. The first-order valence-electron chi connectivity index (χ1n) is 6.07. The minimum Gasteiger partial charge on any atom is -0.304 e. The fourth-order valence-electron chi connectivity index (χ4n) is 2.19. The number of benzene rings is 2. The average molecular weight is 270 g/mol. The SMILES string of the molecule is O=C1C=C(c2ccccc2)CN1c1ccc(Cl)cc1. The lowest BCUT2D eigenvalue weighted by Gasteiger charge is -2.16. The summed E-state index contributed by atoms with van der Waals surface area (Å²) in [5.74, 6) is 0.0150. The Kier molecular flexibility index (Phi) is 3.10. The summed E-state index contributed by atoms with van der Waals surface area (Å²) >= 11 is 5.86. The fourth-order valence-corrected chi connectivity index (χ4v) is 2.31. The standard InChI is InChI=1S/C16H12ClNO/c17-14-6-8-15(9-7-14)18-11-13(10-16(18)19)12-4-2-1-3-5-12/h1-10H,11H2. The first-order chi connectivity index (χ1) is 9.24. The van der Waals surface area contributed by atoms with Gasteiger partial charge in [-0.2, -0.15) is 0 Å². The van der Waals surface area contributed by atoms with E-state index in [0.29, 0.717) is 11.6 Å². The molecule has 0 aromatic heterocycles. The molecule has 0 N–H and O–H groups in total. The summed E-state index contributed by atoms with van der Waals surface area (Å²) in [6.07, 6.45) is 1.70. The van der Waals surface area contributed by atoms with Crippen molar-refractivity contribution in [2.75, 3.05) is 11.4 Å². The van der Waals surface area contributed by atoms with E-state index < -0.39 is 0 Å². The van der Waals surface area contributed by atoms with Gasteiger partial charge in [-0.05, 0) is 35.4 Å². The van der Waals surface area contributed by atoms with Gasteiger partial charge in [0.25, 0.3) is 5.91 Å². The van der Waals surface area contributed by atoms with E-state index in [1.807, 2.05) is 42.5 Å². The molecule has 3 heteroatoms. The summed E-state index contributed by atoms with van der Waals surface area (Å²) in [7, 11) is 0. The molecular formula is C16H12ClNO. The van der Waals surface area contributed by atoms with Gasteiger partial charge in [0.05, 0.1) is 6.54 Å². The number of amides is 1. The summed E-state index contributed by atoms with van der Waals surface area (Å²) in [5, 5.41) is 0.673. The maximum atomic E-state index is 12.1. The fraction of sp³-hybridized carbons (Fsp3) is 0.0625.